The number of nitrogens with zero attached hydrogens (tertiary/aromatic N) is 1. The lowest BCUT2D eigenvalue weighted by Crippen LogP contribution is -2.36. The molecule has 0 heterocycles. The Balaban J connectivity index is 0.00000208. The van der Waals surface area contributed by atoms with Gasteiger partial charge in [0.1, 0.15) is 0 Å². The number of halogens is 1. The maximum Gasteiger partial charge on any atom is 0.191 e. The van der Waals surface area contributed by atoms with Crippen molar-refractivity contribution in [3.05, 3.63) is 83.9 Å². The first-order chi connectivity index (χ1) is 11.3. The minimum absolute atomic E-state index is 0. The van der Waals surface area contributed by atoms with Gasteiger partial charge >= 0.3 is 0 Å². The first-order valence-electron chi connectivity index (χ1n) is 7.81. The normalized spacial score (nSPS) is 11.0. The Morgan fingerprint density at radius 2 is 1.38 bits per heavy atom. The Hall–Kier alpha value is -2.08. The van der Waals surface area contributed by atoms with Crippen LogP contribution in [-0.4, -0.2) is 13.0 Å². The average molecular weight is 431 g/mol. The maximum absolute atomic E-state index is 4.27. The number of nitrogens with one attached hydrogen (secondary N) is 2. The minimum atomic E-state index is 0. The quantitative estimate of drug-likeness (QED) is 0.367. The molecule has 0 amide bonds. The molecule has 124 valence electrons. The van der Waals surface area contributed by atoms with Crippen molar-refractivity contribution in [2.24, 2.45) is 4.99 Å². The van der Waals surface area contributed by atoms with Crippen molar-refractivity contribution < 1.29 is 0 Å². The monoisotopic (exact) mass is 431 g/mol. The van der Waals surface area contributed by atoms with Crippen molar-refractivity contribution in [1.82, 2.24) is 10.6 Å². The standard InChI is InChI=1S/C20H21N3.HI/c1-21-20(22-14-16-7-3-2-4-8-16)23-15-17-11-12-18-9-5-6-10-19(18)13-17;/h2-13H,14-15H2,1H3,(H2,21,22,23);1H. The van der Waals surface area contributed by atoms with Crippen LogP contribution in [0.15, 0.2) is 77.8 Å². The van der Waals surface area contributed by atoms with E-state index in [-0.39, 0.29) is 24.0 Å². The fourth-order valence-corrected chi connectivity index (χ4v) is 2.54. The highest BCUT2D eigenvalue weighted by molar-refractivity contribution is 14.0. The molecule has 0 bridgehead atoms. The summed E-state index contributed by atoms with van der Waals surface area (Å²) in [4.78, 5) is 4.27. The fourth-order valence-electron chi connectivity index (χ4n) is 2.54. The molecule has 3 aromatic rings. The van der Waals surface area contributed by atoms with Crippen LogP contribution in [0.2, 0.25) is 0 Å². The second-order valence-electron chi connectivity index (χ2n) is 5.45. The Morgan fingerprint density at radius 1 is 0.750 bits per heavy atom. The predicted molar refractivity (Wildman–Crippen MR) is 113 cm³/mol. The summed E-state index contributed by atoms with van der Waals surface area (Å²) in [5.74, 6) is 0.807. The van der Waals surface area contributed by atoms with Gasteiger partial charge in [0, 0.05) is 20.1 Å². The molecule has 0 aromatic heterocycles. The molecular formula is C20H22IN3. The second kappa shape index (κ2) is 9.27. The molecule has 3 aromatic carbocycles. The van der Waals surface area contributed by atoms with Crippen LogP contribution < -0.4 is 10.6 Å². The van der Waals surface area contributed by atoms with Gasteiger partial charge in [-0.25, -0.2) is 0 Å². The summed E-state index contributed by atoms with van der Waals surface area (Å²) in [6.45, 7) is 1.51. The van der Waals surface area contributed by atoms with Gasteiger partial charge in [0.2, 0.25) is 0 Å². The van der Waals surface area contributed by atoms with Crippen molar-refractivity contribution in [3.8, 4) is 0 Å². The summed E-state index contributed by atoms with van der Waals surface area (Å²) in [5.41, 5.74) is 2.48. The van der Waals surface area contributed by atoms with Gasteiger partial charge in [-0.05, 0) is 28.0 Å². The van der Waals surface area contributed by atoms with E-state index in [2.05, 4.69) is 70.2 Å². The van der Waals surface area contributed by atoms with Crippen molar-refractivity contribution in [2.45, 2.75) is 13.1 Å². The lowest BCUT2D eigenvalue weighted by atomic mass is 10.1. The highest BCUT2D eigenvalue weighted by Crippen LogP contribution is 2.15. The molecule has 0 aliphatic carbocycles. The van der Waals surface area contributed by atoms with Gasteiger partial charge in [-0.2, -0.15) is 0 Å². The Labute approximate surface area is 160 Å². The SMILES string of the molecule is CN=C(NCc1ccccc1)NCc1ccc2ccccc2c1.I. The van der Waals surface area contributed by atoms with Crippen LogP contribution in [0.3, 0.4) is 0 Å². The molecule has 0 fully saturated rings. The number of fused-ring (bicyclic) bond motifs is 1. The molecule has 24 heavy (non-hydrogen) atoms. The Morgan fingerprint density at radius 3 is 2.08 bits per heavy atom. The van der Waals surface area contributed by atoms with Crippen molar-refractivity contribution in [2.75, 3.05) is 7.05 Å². The molecule has 3 rings (SSSR count). The minimum Gasteiger partial charge on any atom is -0.352 e. The van der Waals surface area contributed by atoms with Gasteiger partial charge in [-0.3, -0.25) is 4.99 Å². The largest absolute Gasteiger partial charge is 0.352 e. The lowest BCUT2D eigenvalue weighted by molar-refractivity contribution is 0.810. The van der Waals surface area contributed by atoms with Crippen LogP contribution in [0.4, 0.5) is 0 Å². The molecule has 0 unspecified atom stereocenters. The third kappa shape index (κ3) is 4.96. The first kappa shape index (κ1) is 18.3. The Kier molecular flexibility index (Phi) is 7.06. The molecule has 2 N–H and O–H groups in total. The van der Waals surface area contributed by atoms with E-state index in [9.17, 15) is 0 Å². The van der Waals surface area contributed by atoms with E-state index in [1.54, 1.807) is 7.05 Å². The van der Waals surface area contributed by atoms with Crippen LogP contribution in [-0.2, 0) is 13.1 Å². The van der Waals surface area contributed by atoms with E-state index in [0.29, 0.717) is 0 Å². The zero-order chi connectivity index (χ0) is 15.9. The molecule has 0 saturated carbocycles. The summed E-state index contributed by atoms with van der Waals surface area (Å²) in [7, 11) is 1.79. The van der Waals surface area contributed by atoms with Crippen LogP contribution in [0.5, 0.6) is 0 Å². The van der Waals surface area contributed by atoms with Crippen LogP contribution in [0.1, 0.15) is 11.1 Å². The summed E-state index contributed by atoms with van der Waals surface area (Å²) in [5, 5.41) is 9.22. The van der Waals surface area contributed by atoms with Gasteiger partial charge in [-0.15, -0.1) is 24.0 Å². The number of rotatable bonds is 4. The second-order valence-corrected chi connectivity index (χ2v) is 5.45. The number of hydrogen-bond acceptors (Lipinski definition) is 1. The van der Waals surface area contributed by atoms with E-state index in [0.717, 1.165) is 19.0 Å². The van der Waals surface area contributed by atoms with Crippen molar-refractivity contribution >= 4 is 40.7 Å². The van der Waals surface area contributed by atoms with Gasteiger partial charge in [0.25, 0.3) is 0 Å². The van der Waals surface area contributed by atoms with Crippen molar-refractivity contribution in [1.29, 1.82) is 0 Å². The number of hydrogen-bond donors (Lipinski definition) is 2. The smallest absolute Gasteiger partial charge is 0.191 e. The van der Waals surface area contributed by atoms with Crippen LogP contribution in [0.25, 0.3) is 10.8 Å². The van der Waals surface area contributed by atoms with Gasteiger partial charge < -0.3 is 10.6 Å². The van der Waals surface area contributed by atoms with E-state index < -0.39 is 0 Å². The third-order valence-corrected chi connectivity index (χ3v) is 3.80. The maximum atomic E-state index is 4.27. The third-order valence-electron chi connectivity index (χ3n) is 3.80. The van der Waals surface area contributed by atoms with Gasteiger partial charge in [0.15, 0.2) is 5.96 Å². The molecule has 0 aliphatic heterocycles. The summed E-state index contributed by atoms with van der Waals surface area (Å²) >= 11 is 0. The molecule has 4 heteroatoms. The Bertz CT molecular complexity index is 800. The molecule has 3 nitrogen and oxygen atoms in total. The van der Waals surface area contributed by atoms with E-state index in [1.807, 2.05) is 18.2 Å². The number of benzene rings is 3. The van der Waals surface area contributed by atoms with Crippen LogP contribution >= 0.6 is 24.0 Å². The molecule has 0 aliphatic rings. The number of guanidine groups is 1. The average Bonchev–Trinajstić information content (AvgIpc) is 2.62. The van der Waals surface area contributed by atoms with Crippen molar-refractivity contribution in [3.63, 3.8) is 0 Å². The fraction of sp³-hybridized carbons (Fsp3) is 0.150. The lowest BCUT2D eigenvalue weighted by Gasteiger charge is -2.12. The van der Waals surface area contributed by atoms with E-state index >= 15 is 0 Å². The van der Waals surface area contributed by atoms with Gasteiger partial charge in [-0.1, -0.05) is 66.7 Å². The topological polar surface area (TPSA) is 36.4 Å². The molecule has 0 atom stereocenters. The summed E-state index contributed by atoms with van der Waals surface area (Å²) in [6, 6.07) is 25.2. The molecule has 0 radical (unpaired) electrons. The summed E-state index contributed by atoms with van der Waals surface area (Å²) in [6.07, 6.45) is 0. The molecule has 0 spiro atoms. The van der Waals surface area contributed by atoms with E-state index in [4.69, 9.17) is 0 Å². The highest BCUT2D eigenvalue weighted by atomic mass is 127. The number of aliphatic imine (C=N–C) groups is 1. The highest BCUT2D eigenvalue weighted by Gasteiger charge is 2.00. The zero-order valence-electron chi connectivity index (χ0n) is 13.7. The zero-order valence-corrected chi connectivity index (χ0v) is 16.0. The van der Waals surface area contributed by atoms with E-state index in [1.165, 1.54) is 21.9 Å². The summed E-state index contributed by atoms with van der Waals surface area (Å²) < 4.78 is 0. The van der Waals surface area contributed by atoms with Crippen LogP contribution in [0, 0.1) is 0 Å². The predicted octanol–water partition coefficient (Wildman–Crippen LogP) is 4.32. The molecule has 0 saturated heterocycles. The molecular weight excluding hydrogens is 409 g/mol. The van der Waals surface area contributed by atoms with Gasteiger partial charge in [0.05, 0.1) is 0 Å². The first-order valence-corrected chi connectivity index (χ1v) is 7.81.